The maximum atomic E-state index is 13.3. The highest BCUT2D eigenvalue weighted by Crippen LogP contribution is 2.35. The first-order valence-corrected chi connectivity index (χ1v) is 10.9. The van der Waals surface area contributed by atoms with E-state index in [2.05, 4.69) is 5.32 Å². The summed E-state index contributed by atoms with van der Waals surface area (Å²) in [6.07, 6.45) is 2.71. The van der Waals surface area contributed by atoms with Crippen molar-refractivity contribution in [3.05, 3.63) is 64.8 Å². The first-order valence-electron chi connectivity index (χ1n) is 9.62. The van der Waals surface area contributed by atoms with Gasteiger partial charge in [0.05, 0.1) is 5.69 Å². The molecule has 1 atom stereocenters. The van der Waals surface area contributed by atoms with Crippen LogP contribution in [0.5, 0.6) is 0 Å². The van der Waals surface area contributed by atoms with Crippen LogP contribution in [0, 0.1) is 5.82 Å². The number of nitrogens with zero attached hydrogens (tertiary/aromatic N) is 2. The number of hydrogen-bond donors (Lipinski definition) is 1. The van der Waals surface area contributed by atoms with Gasteiger partial charge in [-0.1, -0.05) is 18.5 Å². The molecule has 1 amide bonds. The number of carbonyl (C=O) groups excluding carboxylic acids is 1. The number of nitrogens with one attached hydrogen (secondary N) is 1. The maximum Gasteiger partial charge on any atom is 0.243 e. The van der Waals surface area contributed by atoms with E-state index >= 15 is 0 Å². The summed E-state index contributed by atoms with van der Waals surface area (Å²) in [6.45, 7) is 1.99. The van der Waals surface area contributed by atoms with E-state index in [-0.39, 0.29) is 23.8 Å². The second-order valence-corrected chi connectivity index (χ2v) is 8.35. The Bertz CT molecular complexity index is 986. The fraction of sp³-hybridized carbons (Fsp3) is 0.273. The Morgan fingerprint density at radius 2 is 1.93 bits per heavy atom. The molecule has 29 heavy (non-hydrogen) atoms. The van der Waals surface area contributed by atoms with Crippen LogP contribution in [0.1, 0.15) is 26.2 Å². The van der Waals surface area contributed by atoms with E-state index in [1.807, 2.05) is 41.5 Å². The second kappa shape index (κ2) is 8.51. The number of anilines is 2. The van der Waals surface area contributed by atoms with Crippen molar-refractivity contribution in [1.82, 2.24) is 10.3 Å². The molecule has 0 radical (unpaired) electrons. The van der Waals surface area contributed by atoms with Crippen LogP contribution in [0.3, 0.4) is 0 Å². The molecule has 1 saturated carbocycles. The summed E-state index contributed by atoms with van der Waals surface area (Å²) in [5.74, 6) is -0.279. The topological polar surface area (TPSA) is 45.2 Å². The summed E-state index contributed by atoms with van der Waals surface area (Å²) in [4.78, 5) is 19.7. The maximum absolute atomic E-state index is 13.3. The molecule has 1 unspecified atom stereocenters. The van der Waals surface area contributed by atoms with Crippen LogP contribution in [0.4, 0.5) is 15.2 Å². The predicted octanol–water partition coefficient (Wildman–Crippen LogP) is 5.80. The third-order valence-electron chi connectivity index (χ3n) is 4.87. The lowest BCUT2D eigenvalue weighted by Crippen LogP contribution is -2.45. The fourth-order valence-electron chi connectivity index (χ4n) is 3.16. The molecular formula is C22H21ClFN3OS. The minimum Gasteiger partial charge on any atom is -0.352 e. The Morgan fingerprint density at radius 1 is 1.24 bits per heavy atom. The van der Waals surface area contributed by atoms with E-state index in [1.54, 1.807) is 12.1 Å². The summed E-state index contributed by atoms with van der Waals surface area (Å²) in [6, 6.07) is 13.6. The van der Waals surface area contributed by atoms with Crippen molar-refractivity contribution in [2.24, 2.45) is 0 Å². The van der Waals surface area contributed by atoms with Crippen LogP contribution in [-0.2, 0) is 4.79 Å². The lowest BCUT2D eigenvalue weighted by atomic mass is 10.1. The van der Waals surface area contributed by atoms with Gasteiger partial charge >= 0.3 is 0 Å². The molecule has 1 fully saturated rings. The highest BCUT2D eigenvalue weighted by atomic mass is 35.5. The molecule has 7 heteroatoms. The van der Waals surface area contributed by atoms with Gasteiger partial charge in [-0.3, -0.25) is 4.79 Å². The minimum absolute atomic E-state index is 0.00322. The lowest BCUT2D eigenvalue weighted by molar-refractivity contribution is -0.122. The lowest BCUT2D eigenvalue weighted by Gasteiger charge is -2.30. The van der Waals surface area contributed by atoms with E-state index < -0.39 is 0 Å². The number of thiazole rings is 1. The SMILES string of the molecule is CCC(C(=O)NC1CC1)N(c1ccc(Cl)cc1)c1nc(-c2ccc(F)cc2)cs1. The molecule has 1 heterocycles. The Balaban J connectivity index is 1.70. The van der Waals surface area contributed by atoms with Crippen molar-refractivity contribution in [3.63, 3.8) is 0 Å². The molecule has 1 aromatic heterocycles. The third-order valence-corrected chi connectivity index (χ3v) is 5.96. The van der Waals surface area contributed by atoms with Crippen LogP contribution in [0.25, 0.3) is 11.3 Å². The molecule has 3 aromatic rings. The molecule has 4 rings (SSSR count). The van der Waals surface area contributed by atoms with Crippen molar-refractivity contribution < 1.29 is 9.18 Å². The van der Waals surface area contributed by atoms with Gasteiger partial charge in [-0.15, -0.1) is 11.3 Å². The number of halogens is 2. The first kappa shape index (κ1) is 19.9. The first-order chi connectivity index (χ1) is 14.0. The normalized spacial score (nSPS) is 14.4. The Hall–Kier alpha value is -2.44. The summed E-state index contributed by atoms with van der Waals surface area (Å²) in [5.41, 5.74) is 2.44. The van der Waals surface area contributed by atoms with Crippen molar-refractivity contribution in [2.75, 3.05) is 4.90 Å². The fourth-order valence-corrected chi connectivity index (χ4v) is 4.19. The molecule has 2 aromatic carbocycles. The monoisotopic (exact) mass is 429 g/mol. The largest absolute Gasteiger partial charge is 0.352 e. The van der Waals surface area contributed by atoms with Gasteiger partial charge in [0.1, 0.15) is 11.9 Å². The molecule has 0 aliphatic heterocycles. The van der Waals surface area contributed by atoms with E-state index in [9.17, 15) is 9.18 Å². The number of benzene rings is 2. The quantitative estimate of drug-likeness (QED) is 0.516. The zero-order chi connectivity index (χ0) is 20.4. The Labute approximate surface area is 178 Å². The summed E-state index contributed by atoms with van der Waals surface area (Å²) in [5, 5.41) is 6.38. The smallest absolute Gasteiger partial charge is 0.243 e. The number of rotatable bonds is 7. The van der Waals surface area contributed by atoms with Gasteiger partial charge < -0.3 is 10.2 Å². The van der Waals surface area contributed by atoms with Gasteiger partial charge in [0.2, 0.25) is 5.91 Å². The van der Waals surface area contributed by atoms with E-state index in [1.165, 1.54) is 23.5 Å². The number of aromatic nitrogens is 1. The average molecular weight is 430 g/mol. The third kappa shape index (κ3) is 4.60. The molecule has 0 bridgehead atoms. The van der Waals surface area contributed by atoms with Gasteiger partial charge in [-0.25, -0.2) is 9.37 Å². The average Bonchev–Trinajstić information content (AvgIpc) is 3.40. The molecule has 0 spiro atoms. The van der Waals surface area contributed by atoms with Gasteiger partial charge in [-0.2, -0.15) is 0 Å². The molecule has 1 aliphatic rings. The predicted molar refractivity (Wildman–Crippen MR) is 116 cm³/mol. The minimum atomic E-state index is -0.385. The van der Waals surface area contributed by atoms with Crippen molar-refractivity contribution in [2.45, 2.75) is 38.3 Å². The van der Waals surface area contributed by atoms with E-state index in [4.69, 9.17) is 16.6 Å². The van der Waals surface area contributed by atoms with Crippen molar-refractivity contribution in [1.29, 1.82) is 0 Å². The van der Waals surface area contributed by atoms with Crippen molar-refractivity contribution >= 4 is 39.7 Å². The zero-order valence-corrected chi connectivity index (χ0v) is 17.5. The standard InChI is InChI=1S/C22H21ClFN3OS/c1-2-20(21(28)25-17-9-10-17)27(18-11-5-15(23)6-12-18)22-26-19(13-29-22)14-3-7-16(24)8-4-14/h3-8,11-13,17,20H,2,9-10H2,1H3,(H,25,28). The zero-order valence-electron chi connectivity index (χ0n) is 15.9. The molecule has 1 aliphatic carbocycles. The van der Waals surface area contributed by atoms with Crippen LogP contribution in [0.15, 0.2) is 53.9 Å². The highest BCUT2D eigenvalue weighted by molar-refractivity contribution is 7.14. The molecule has 4 nitrogen and oxygen atoms in total. The van der Waals surface area contributed by atoms with E-state index in [0.717, 1.165) is 29.8 Å². The van der Waals surface area contributed by atoms with Gasteiger partial charge in [0.15, 0.2) is 5.13 Å². The highest BCUT2D eigenvalue weighted by Gasteiger charge is 2.32. The summed E-state index contributed by atoms with van der Waals surface area (Å²) < 4.78 is 13.3. The van der Waals surface area contributed by atoms with E-state index in [0.29, 0.717) is 16.6 Å². The molecule has 0 saturated heterocycles. The van der Waals surface area contributed by atoms with Gasteiger partial charge in [0, 0.05) is 27.7 Å². The number of hydrogen-bond acceptors (Lipinski definition) is 4. The number of amides is 1. The summed E-state index contributed by atoms with van der Waals surface area (Å²) >= 11 is 7.53. The summed E-state index contributed by atoms with van der Waals surface area (Å²) in [7, 11) is 0. The molecule has 1 N–H and O–H groups in total. The molecule has 150 valence electrons. The van der Waals surface area contributed by atoms with Crippen LogP contribution < -0.4 is 10.2 Å². The second-order valence-electron chi connectivity index (χ2n) is 7.08. The van der Waals surface area contributed by atoms with Crippen molar-refractivity contribution in [3.8, 4) is 11.3 Å². The van der Waals surface area contributed by atoms with Crippen LogP contribution in [0.2, 0.25) is 5.02 Å². The van der Waals surface area contributed by atoms with Gasteiger partial charge in [-0.05, 0) is 67.8 Å². The number of carbonyl (C=O) groups is 1. The van der Waals surface area contributed by atoms with Gasteiger partial charge in [0.25, 0.3) is 0 Å². The van der Waals surface area contributed by atoms with Crippen LogP contribution in [-0.4, -0.2) is 23.0 Å². The molecular weight excluding hydrogens is 409 g/mol. The van der Waals surface area contributed by atoms with Crippen LogP contribution >= 0.6 is 22.9 Å². The Kier molecular flexibility index (Phi) is 5.83. The Morgan fingerprint density at radius 3 is 2.55 bits per heavy atom.